The van der Waals surface area contributed by atoms with Gasteiger partial charge >= 0.3 is 6.18 Å². The summed E-state index contributed by atoms with van der Waals surface area (Å²) in [4.78, 5) is 12.5. The molecule has 2 aromatic carbocycles. The minimum absolute atomic E-state index is 0.125. The number of halogens is 3. The van der Waals surface area contributed by atoms with E-state index in [2.05, 4.69) is 10.4 Å². The molecule has 0 aliphatic heterocycles. The van der Waals surface area contributed by atoms with Crippen LogP contribution in [0.15, 0.2) is 71.7 Å². The zero-order valence-electron chi connectivity index (χ0n) is 15.6. The molecule has 3 aromatic rings. The summed E-state index contributed by atoms with van der Waals surface area (Å²) < 4.78 is 40.3. The molecule has 150 valence electrons. The predicted molar refractivity (Wildman–Crippen MR) is 106 cm³/mol. The topological polar surface area (TPSA) is 70.8 Å². The van der Waals surface area contributed by atoms with Crippen LogP contribution in [0.3, 0.4) is 0 Å². The average Bonchev–Trinajstić information content (AvgIpc) is 2.68. The third-order valence-corrected chi connectivity index (χ3v) is 4.23. The van der Waals surface area contributed by atoms with E-state index in [1.165, 1.54) is 29.1 Å². The number of benzene rings is 2. The van der Waals surface area contributed by atoms with Gasteiger partial charge in [-0.15, -0.1) is 0 Å². The third-order valence-electron chi connectivity index (χ3n) is 4.23. The molecule has 0 amide bonds. The predicted octanol–water partition coefficient (Wildman–Crippen LogP) is 4.83. The highest BCUT2D eigenvalue weighted by atomic mass is 19.4. The molecule has 0 saturated heterocycles. The van der Waals surface area contributed by atoms with E-state index in [1.54, 1.807) is 6.92 Å². The van der Waals surface area contributed by atoms with Gasteiger partial charge in [0.15, 0.2) is 0 Å². The van der Waals surface area contributed by atoms with Crippen molar-refractivity contribution in [2.75, 3.05) is 5.32 Å². The number of nitrogens with one attached hydrogen (secondary N) is 2. The fourth-order valence-electron chi connectivity index (χ4n) is 2.89. The summed E-state index contributed by atoms with van der Waals surface area (Å²) in [5, 5.41) is 15.3. The van der Waals surface area contributed by atoms with Gasteiger partial charge in [-0.05, 0) is 37.3 Å². The minimum atomic E-state index is -4.48. The Balaban J connectivity index is 2.02. The number of anilines is 1. The molecule has 0 bridgehead atoms. The summed E-state index contributed by atoms with van der Waals surface area (Å²) in [7, 11) is 0. The summed E-state index contributed by atoms with van der Waals surface area (Å²) in [6.45, 7) is 1.62. The van der Waals surface area contributed by atoms with E-state index in [9.17, 15) is 18.0 Å². The molecule has 29 heavy (non-hydrogen) atoms. The standard InChI is InChI=1S/C21H19F3N4O/c1-14(25)12-18(26-16-7-3-2-4-8-16)20-19(29)10-11-28(27-20)17-9-5-6-15(13-17)21(22,23)24/h2-11,13,18,25-26H,12H2,1H3. The number of nitrogens with zero attached hydrogens (tertiary/aromatic N) is 2. The van der Waals surface area contributed by atoms with Crippen molar-refractivity contribution in [1.82, 2.24) is 9.78 Å². The second-order valence-electron chi connectivity index (χ2n) is 6.61. The van der Waals surface area contributed by atoms with Gasteiger partial charge in [0.25, 0.3) is 0 Å². The Kier molecular flexibility index (Phi) is 5.81. The van der Waals surface area contributed by atoms with E-state index in [1.807, 2.05) is 30.3 Å². The second kappa shape index (κ2) is 8.30. The van der Waals surface area contributed by atoms with Crippen molar-refractivity contribution in [1.29, 1.82) is 5.41 Å². The van der Waals surface area contributed by atoms with Crippen molar-refractivity contribution in [3.63, 3.8) is 0 Å². The third kappa shape index (κ3) is 5.10. The maximum atomic E-state index is 13.0. The van der Waals surface area contributed by atoms with Gasteiger partial charge in [-0.3, -0.25) is 4.79 Å². The Morgan fingerprint density at radius 2 is 1.86 bits per heavy atom. The molecule has 8 heteroatoms. The van der Waals surface area contributed by atoms with Gasteiger partial charge in [0.2, 0.25) is 5.43 Å². The second-order valence-corrected chi connectivity index (χ2v) is 6.61. The number of para-hydroxylation sites is 1. The molecule has 1 atom stereocenters. The molecule has 1 unspecified atom stereocenters. The van der Waals surface area contributed by atoms with Gasteiger partial charge in [0.1, 0.15) is 5.69 Å². The van der Waals surface area contributed by atoms with Gasteiger partial charge in [-0.2, -0.15) is 18.3 Å². The number of rotatable bonds is 6. The Hall–Kier alpha value is -3.42. The van der Waals surface area contributed by atoms with Gasteiger partial charge in [0.05, 0.1) is 17.3 Å². The van der Waals surface area contributed by atoms with Crippen molar-refractivity contribution in [3.05, 3.63) is 88.3 Å². The highest BCUT2D eigenvalue weighted by Crippen LogP contribution is 2.30. The molecular formula is C21H19F3N4O. The first-order chi connectivity index (χ1) is 13.7. The molecule has 0 aliphatic rings. The molecule has 1 heterocycles. The van der Waals surface area contributed by atoms with Crippen molar-refractivity contribution in [2.24, 2.45) is 0 Å². The molecule has 1 aromatic heterocycles. The van der Waals surface area contributed by atoms with Crippen LogP contribution in [-0.2, 0) is 6.18 Å². The molecular weight excluding hydrogens is 381 g/mol. The molecule has 0 aliphatic carbocycles. The maximum Gasteiger partial charge on any atom is 0.416 e. The highest BCUT2D eigenvalue weighted by molar-refractivity contribution is 5.79. The number of aromatic nitrogens is 2. The minimum Gasteiger partial charge on any atom is -0.376 e. The van der Waals surface area contributed by atoms with Crippen LogP contribution in [0.4, 0.5) is 18.9 Å². The van der Waals surface area contributed by atoms with Gasteiger partial charge in [-0.1, -0.05) is 24.3 Å². The van der Waals surface area contributed by atoms with Crippen LogP contribution < -0.4 is 10.7 Å². The average molecular weight is 400 g/mol. The van der Waals surface area contributed by atoms with Crippen LogP contribution in [0, 0.1) is 5.41 Å². The quantitative estimate of drug-likeness (QED) is 0.582. The van der Waals surface area contributed by atoms with Crippen LogP contribution in [0.2, 0.25) is 0 Å². The summed E-state index contributed by atoms with van der Waals surface area (Å²) in [6, 6.07) is 14.5. The maximum absolute atomic E-state index is 13.0. The smallest absolute Gasteiger partial charge is 0.376 e. The lowest BCUT2D eigenvalue weighted by molar-refractivity contribution is -0.137. The summed E-state index contributed by atoms with van der Waals surface area (Å²) in [5.41, 5.74) is 0.240. The normalized spacial score (nSPS) is 12.4. The molecule has 0 fully saturated rings. The number of alkyl halides is 3. The van der Waals surface area contributed by atoms with Gasteiger partial charge in [-0.25, -0.2) is 4.68 Å². The van der Waals surface area contributed by atoms with E-state index in [-0.39, 0.29) is 23.2 Å². The lowest BCUT2D eigenvalue weighted by atomic mass is 10.1. The summed E-state index contributed by atoms with van der Waals surface area (Å²) >= 11 is 0. The summed E-state index contributed by atoms with van der Waals surface area (Å²) in [6.07, 6.45) is -2.92. The first kappa shape index (κ1) is 20.3. The van der Waals surface area contributed by atoms with E-state index < -0.39 is 17.8 Å². The molecule has 3 rings (SSSR count). The van der Waals surface area contributed by atoms with Crippen LogP contribution in [-0.4, -0.2) is 15.5 Å². The molecule has 0 spiro atoms. The fraction of sp³-hybridized carbons (Fsp3) is 0.190. The lowest BCUT2D eigenvalue weighted by Gasteiger charge is -2.19. The van der Waals surface area contributed by atoms with Crippen molar-refractivity contribution < 1.29 is 13.2 Å². The number of hydrogen-bond acceptors (Lipinski definition) is 4. The van der Waals surface area contributed by atoms with Crippen molar-refractivity contribution in [2.45, 2.75) is 25.6 Å². The number of hydrogen-bond donors (Lipinski definition) is 2. The first-order valence-corrected chi connectivity index (χ1v) is 8.87. The lowest BCUT2D eigenvalue weighted by Crippen LogP contribution is -2.25. The van der Waals surface area contributed by atoms with Crippen LogP contribution in [0.1, 0.15) is 30.6 Å². The van der Waals surface area contributed by atoms with Crippen molar-refractivity contribution >= 4 is 11.4 Å². The van der Waals surface area contributed by atoms with E-state index in [0.29, 0.717) is 5.71 Å². The Labute approximate surface area is 165 Å². The monoisotopic (exact) mass is 400 g/mol. The SMILES string of the molecule is CC(=N)CC(Nc1ccccc1)c1nn(-c2cccc(C(F)(F)F)c2)ccc1=O. The molecule has 5 nitrogen and oxygen atoms in total. The fourth-order valence-corrected chi connectivity index (χ4v) is 2.89. The Bertz CT molecular complexity index is 1060. The van der Waals surface area contributed by atoms with E-state index in [0.717, 1.165) is 17.8 Å². The zero-order chi connectivity index (χ0) is 21.0. The highest BCUT2D eigenvalue weighted by Gasteiger charge is 2.30. The summed E-state index contributed by atoms with van der Waals surface area (Å²) in [5.74, 6) is 0. The van der Waals surface area contributed by atoms with Crippen LogP contribution >= 0.6 is 0 Å². The van der Waals surface area contributed by atoms with Crippen LogP contribution in [0.25, 0.3) is 5.69 Å². The largest absolute Gasteiger partial charge is 0.416 e. The Morgan fingerprint density at radius 1 is 1.14 bits per heavy atom. The first-order valence-electron chi connectivity index (χ1n) is 8.87. The molecule has 0 saturated carbocycles. The van der Waals surface area contributed by atoms with Gasteiger partial charge in [0, 0.05) is 30.1 Å². The van der Waals surface area contributed by atoms with Crippen LogP contribution in [0.5, 0.6) is 0 Å². The molecule has 2 N–H and O–H groups in total. The zero-order valence-corrected chi connectivity index (χ0v) is 15.6. The van der Waals surface area contributed by atoms with Crippen molar-refractivity contribution in [3.8, 4) is 5.69 Å². The molecule has 0 radical (unpaired) electrons. The van der Waals surface area contributed by atoms with E-state index >= 15 is 0 Å². The van der Waals surface area contributed by atoms with Gasteiger partial charge < -0.3 is 10.7 Å². The van der Waals surface area contributed by atoms with E-state index in [4.69, 9.17) is 5.41 Å². The Morgan fingerprint density at radius 3 is 2.52 bits per heavy atom.